The lowest BCUT2D eigenvalue weighted by Crippen LogP contribution is -2.37. The number of hydrogen-bond donors (Lipinski definition) is 2. The molecule has 5 nitrogen and oxygen atoms in total. The van der Waals surface area contributed by atoms with E-state index in [0.29, 0.717) is 24.6 Å². The van der Waals surface area contributed by atoms with Crippen molar-refractivity contribution in [2.75, 3.05) is 6.54 Å². The Morgan fingerprint density at radius 1 is 0.926 bits per heavy atom. The van der Waals surface area contributed by atoms with Gasteiger partial charge in [-0.15, -0.1) is 0 Å². The van der Waals surface area contributed by atoms with Crippen LogP contribution < -0.4 is 15.4 Å². The standard InChI is InChI=1S/C21H25FN2O3/c1-21(2,3)20(26)23-13-12-19(25)24-14-15-4-8-17(9-5-15)27-18-10-6-16(22)7-11-18/h4-11H,12-14H2,1-3H3,(H,23,26)(H,24,25). The molecule has 2 aromatic carbocycles. The van der Waals surface area contributed by atoms with E-state index in [1.807, 2.05) is 32.9 Å². The van der Waals surface area contributed by atoms with Crippen LogP contribution in [0.4, 0.5) is 4.39 Å². The third-order valence-corrected chi connectivity index (χ3v) is 3.78. The summed E-state index contributed by atoms with van der Waals surface area (Å²) >= 11 is 0. The molecule has 2 amide bonds. The number of benzene rings is 2. The molecule has 0 saturated carbocycles. The maximum atomic E-state index is 12.9. The zero-order chi connectivity index (χ0) is 19.9. The van der Waals surface area contributed by atoms with Gasteiger partial charge in [-0.3, -0.25) is 9.59 Å². The van der Waals surface area contributed by atoms with Crippen molar-refractivity contribution in [2.24, 2.45) is 5.41 Å². The highest BCUT2D eigenvalue weighted by molar-refractivity contribution is 5.82. The normalized spacial score (nSPS) is 11.0. The van der Waals surface area contributed by atoms with Crippen LogP contribution in [0, 0.1) is 11.2 Å². The van der Waals surface area contributed by atoms with Gasteiger partial charge in [0.2, 0.25) is 11.8 Å². The molecule has 0 unspecified atom stereocenters. The maximum absolute atomic E-state index is 12.9. The van der Waals surface area contributed by atoms with Crippen LogP contribution in [0.3, 0.4) is 0 Å². The van der Waals surface area contributed by atoms with E-state index in [9.17, 15) is 14.0 Å². The molecule has 0 aliphatic rings. The second-order valence-corrected chi connectivity index (χ2v) is 7.23. The molecule has 27 heavy (non-hydrogen) atoms. The number of halogens is 1. The topological polar surface area (TPSA) is 67.4 Å². The number of carbonyl (C=O) groups excluding carboxylic acids is 2. The largest absolute Gasteiger partial charge is 0.457 e. The Kier molecular flexibility index (Phi) is 6.93. The molecule has 0 saturated heterocycles. The van der Waals surface area contributed by atoms with Gasteiger partial charge < -0.3 is 15.4 Å². The summed E-state index contributed by atoms with van der Waals surface area (Å²) < 4.78 is 18.5. The van der Waals surface area contributed by atoms with Gasteiger partial charge in [-0.05, 0) is 42.0 Å². The third-order valence-electron chi connectivity index (χ3n) is 3.78. The van der Waals surface area contributed by atoms with E-state index < -0.39 is 5.41 Å². The number of carbonyl (C=O) groups is 2. The van der Waals surface area contributed by atoms with Gasteiger partial charge in [-0.2, -0.15) is 0 Å². The fourth-order valence-corrected chi connectivity index (χ4v) is 2.16. The molecule has 2 aromatic rings. The quantitative estimate of drug-likeness (QED) is 0.777. The van der Waals surface area contributed by atoms with E-state index in [1.54, 1.807) is 24.3 Å². The van der Waals surface area contributed by atoms with Crippen molar-refractivity contribution in [2.45, 2.75) is 33.7 Å². The first kappa shape index (κ1) is 20.4. The summed E-state index contributed by atoms with van der Waals surface area (Å²) in [5, 5.41) is 5.56. The molecule has 0 aliphatic heterocycles. The van der Waals surface area contributed by atoms with Gasteiger partial charge >= 0.3 is 0 Å². The Balaban J connectivity index is 1.73. The average molecular weight is 372 g/mol. The lowest BCUT2D eigenvalue weighted by atomic mass is 9.96. The van der Waals surface area contributed by atoms with Gasteiger partial charge in [0.15, 0.2) is 0 Å². The molecule has 0 fully saturated rings. The smallest absolute Gasteiger partial charge is 0.225 e. The number of rotatable bonds is 7. The van der Waals surface area contributed by atoms with Crippen molar-refractivity contribution < 1.29 is 18.7 Å². The minimum Gasteiger partial charge on any atom is -0.457 e. The van der Waals surface area contributed by atoms with Gasteiger partial charge in [-0.25, -0.2) is 4.39 Å². The minimum absolute atomic E-state index is 0.0768. The van der Waals surface area contributed by atoms with E-state index >= 15 is 0 Å². The Labute approximate surface area is 158 Å². The van der Waals surface area contributed by atoms with Crippen LogP contribution in [0.1, 0.15) is 32.8 Å². The van der Waals surface area contributed by atoms with Crippen molar-refractivity contribution in [3.05, 3.63) is 59.9 Å². The van der Waals surface area contributed by atoms with E-state index in [2.05, 4.69) is 10.6 Å². The average Bonchev–Trinajstić information content (AvgIpc) is 2.62. The number of ether oxygens (including phenoxy) is 1. The molecule has 2 N–H and O–H groups in total. The molecular formula is C21H25FN2O3. The predicted molar refractivity (Wildman–Crippen MR) is 102 cm³/mol. The summed E-state index contributed by atoms with van der Waals surface area (Å²) in [7, 11) is 0. The Morgan fingerprint density at radius 3 is 2.04 bits per heavy atom. The molecule has 0 aliphatic carbocycles. The van der Waals surface area contributed by atoms with Crippen LogP contribution in [0.15, 0.2) is 48.5 Å². The number of amides is 2. The highest BCUT2D eigenvalue weighted by atomic mass is 19.1. The summed E-state index contributed by atoms with van der Waals surface area (Å²) in [6.45, 7) is 6.18. The fraction of sp³-hybridized carbons (Fsp3) is 0.333. The third kappa shape index (κ3) is 7.09. The minimum atomic E-state index is -0.464. The number of hydrogen-bond acceptors (Lipinski definition) is 3. The van der Waals surface area contributed by atoms with E-state index in [0.717, 1.165) is 5.56 Å². The Morgan fingerprint density at radius 2 is 1.48 bits per heavy atom. The summed E-state index contributed by atoms with van der Waals surface area (Å²) in [5.74, 6) is 0.658. The second-order valence-electron chi connectivity index (χ2n) is 7.23. The first-order valence-electron chi connectivity index (χ1n) is 8.81. The first-order valence-corrected chi connectivity index (χ1v) is 8.81. The van der Waals surface area contributed by atoms with Crippen molar-refractivity contribution in [1.29, 1.82) is 0 Å². The number of nitrogens with one attached hydrogen (secondary N) is 2. The van der Waals surface area contributed by atoms with Crippen LogP contribution in [0.5, 0.6) is 11.5 Å². The van der Waals surface area contributed by atoms with Crippen molar-refractivity contribution in [1.82, 2.24) is 10.6 Å². The van der Waals surface area contributed by atoms with Crippen molar-refractivity contribution in [3.63, 3.8) is 0 Å². The SMILES string of the molecule is CC(C)(C)C(=O)NCCC(=O)NCc1ccc(Oc2ccc(F)cc2)cc1. The fourth-order valence-electron chi connectivity index (χ4n) is 2.16. The highest BCUT2D eigenvalue weighted by Gasteiger charge is 2.20. The summed E-state index contributed by atoms with van der Waals surface area (Å²) in [6, 6.07) is 13.1. The molecule has 0 heterocycles. The first-order chi connectivity index (χ1) is 12.7. The van der Waals surface area contributed by atoms with Gasteiger partial charge in [0.05, 0.1) is 0 Å². The monoisotopic (exact) mass is 372 g/mol. The summed E-state index contributed by atoms with van der Waals surface area (Å²) in [4.78, 5) is 23.6. The molecule has 2 rings (SSSR count). The lowest BCUT2D eigenvalue weighted by molar-refractivity contribution is -0.128. The van der Waals surface area contributed by atoms with Crippen LogP contribution in [-0.4, -0.2) is 18.4 Å². The molecule has 0 radical (unpaired) electrons. The summed E-state index contributed by atoms with van der Waals surface area (Å²) in [5.41, 5.74) is 0.460. The molecule has 144 valence electrons. The predicted octanol–water partition coefficient (Wildman–Crippen LogP) is 3.79. The lowest BCUT2D eigenvalue weighted by Gasteiger charge is -2.17. The molecular weight excluding hydrogens is 347 g/mol. The molecule has 0 atom stereocenters. The van der Waals surface area contributed by atoms with Crippen LogP contribution in [-0.2, 0) is 16.1 Å². The molecule has 0 aromatic heterocycles. The van der Waals surface area contributed by atoms with E-state index in [4.69, 9.17) is 4.74 Å². The zero-order valence-electron chi connectivity index (χ0n) is 15.8. The molecule has 0 spiro atoms. The summed E-state index contributed by atoms with van der Waals surface area (Å²) in [6.07, 6.45) is 0.230. The van der Waals surface area contributed by atoms with Gasteiger partial charge in [-0.1, -0.05) is 32.9 Å². The van der Waals surface area contributed by atoms with Crippen LogP contribution in [0.2, 0.25) is 0 Å². The van der Waals surface area contributed by atoms with Gasteiger partial charge in [0, 0.05) is 24.9 Å². The Hall–Kier alpha value is -2.89. The maximum Gasteiger partial charge on any atom is 0.225 e. The highest BCUT2D eigenvalue weighted by Crippen LogP contribution is 2.21. The van der Waals surface area contributed by atoms with Crippen LogP contribution >= 0.6 is 0 Å². The van der Waals surface area contributed by atoms with Crippen LogP contribution in [0.25, 0.3) is 0 Å². The van der Waals surface area contributed by atoms with Gasteiger partial charge in [0.25, 0.3) is 0 Å². The van der Waals surface area contributed by atoms with E-state index in [1.165, 1.54) is 12.1 Å². The second kappa shape index (κ2) is 9.16. The van der Waals surface area contributed by atoms with Crippen molar-refractivity contribution >= 4 is 11.8 Å². The van der Waals surface area contributed by atoms with Gasteiger partial charge in [0.1, 0.15) is 17.3 Å². The van der Waals surface area contributed by atoms with Crippen molar-refractivity contribution in [3.8, 4) is 11.5 Å². The zero-order valence-corrected chi connectivity index (χ0v) is 15.8. The molecule has 6 heteroatoms. The van der Waals surface area contributed by atoms with E-state index in [-0.39, 0.29) is 24.1 Å². The Bertz CT molecular complexity index is 766. The molecule has 0 bridgehead atoms.